The molecule has 3 aromatic rings. The fourth-order valence-corrected chi connectivity index (χ4v) is 4.78. The Balaban J connectivity index is 1.50. The Hall–Kier alpha value is -4.65. The second-order valence-corrected chi connectivity index (χ2v) is 8.88. The molecule has 1 aromatic heterocycles. The van der Waals surface area contributed by atoms with Gasteiger partial charge >= 0.3 is 0 Å². The zero-order valence-corrected chi connectivity index (χ0v) is 19.3. The lowest BCUT2D eigenvalue weighted by Crippen LogP contribution is -2.42. The number of nitrogens with one attached hydrogen (secondary N) is 2. The van der Waals surface area contributed by atoms with Crippen LogP contribution in [0.4, 0.5) is 11.8 Å². The number of carbonyl (C=O) groups excluding carboxylic acids is 2. The van der Waals surface area contributed by atoms with Gasteiger partial charge in [0.25, 0.3) is 5.56 Å². The van der Waals surface area contributed by atoms with Gasteiger partial charge in [0.2, 0.25) is 17.8 Å². The molecule has 3 heterocycles. The maximum atomic E-state index is 13.3. The number of fused-ring (bicyclic) bond motifs is 1. The van der Waals surface area contributed by atoms with Gasteiger partial charge in [0.05, 0.1) is 11.6 Å². The summed E-state index contributed by atoms with van der Waals surface area (Å²) in [6.45, 7) is 0.985. The maximum Gasteiger partial charge on any atom is 0.258 e. The number of carbonyl (C=O) groups is 2. The van der Waals surface area contributed by atoms with Crippen molar-refractivity contribution in [3.8, 4) is 17.6 Å². The van der Waals surface area contributed by atoms with Crippen LogP contribution in [-0.2, 0) is 9.59 Å². The fourth-order valence-electron chi connectivity index (χ4n) is 4.78. The average molecular weight is 485 g/mol. The van der Waals surface area contributed by atoms with Gasteiger partial charge in [0.15, 0.2) is 0 Å². The summed E-state index contributed by atoms with van der Waals surface area (Å²) in [6, 6.07) is 18.3. The zero-order chi connectivity index (χ0) is 25.2. The highest BCUT2D eigenvalue weighted by Crippen LogP contribution is 2.39. The minimum Gasteiger partial charge on any atom is -0.457 e. The maximum absolute atomic E-state index is 13.3. The zero-order valence-electron chi connectivity index (χ0n) is 19.3. The third kappa shape index (κ3) is 4.38. The highest BCUT2D eigenvalue weighted by atomic mass is 16.5. The van der Waals surface area contributed by atoms with Crippen molar-refractivity contribution in [3.05, 3.63) is 76.1 Å². The number of ether oxygens (including phenoxy) is 1. The van der Waals surface area contributed by atoms with Crippen LogP contribution in [-0.4, -0.2) is 34.9 Å². The van der Waals surface area contributed by atoms with Gasteiger partial charge in [-0.1, -0.05) is 30.3 Å². The van der Waals surface area contributed by atoms with E-state index in [1.807, 2.05) is 41.3 Å². The predicted molar refractivity (Wildman–Crippen MR) is 132 cm³/mol. The topological polar surface area (TPSA) is 154 Å². The minimum atomic E-state index is -1.12. The van der Waals surface area contributed by atoms with Crippen molar-refractivity contribution in [3.63, 3.8) is 0 Å². The highest BCUT2D eigenvalue weighted by molar-refractivity contribution is 5.98. The van der Waals surface area contributed by atoms with Gasteiger partial charge in [-0.3, -0.25) is 19.4 Å². The summed E-state index contributed by atoms with van der Waals surface area (Å²) in [6.07, 6.45) is 1.10. The molecule has 10 heteroatoms. The monoisotopic (exact) mass is 484 g/mol. The van der Waals surface area contributed by atoms with Gasteiger partial charge in [0, 0.05) is 24.9 Å². The van der Waals surface area contributed by atoms with E-state index in [2.05, 4.69) is 15.3 Å². The van der Waals surface area contributed by atoms with Gasteiger partial charge < -0.3 is 20.7 Å². The molecule has 5 rings (SSSR count). The molecule has 2 aromatic carbocycles. The third-order valence-corrected chi connectivity index (χ3v) is 6.64. The van der Waals surface area contributed by atoms with Gasteiger partial charge in [-0.2, -0.15) is 10.2 Å². The van der Waals surface area contributed by atoms with Gasteiger partial charge in [-0.15, -0.1) is 0 Å². The van der Waals surface area contributed by atoms with Crippen LogP contribution in [0, 0.1) is 23.2 Å². The number of aromatic amines is 1. The van der Waals surface area contributed by atoms with E-state index in [0.29, 0.717) is 48.9 Å². The van der Waals surface area contributed by atoms with Crippen LogP contribution >= 0.6 is 0 Å². The first-order valence-electron chi connectivity index (χ1n) is 11.7. The number of hydrogen-bond donors (Lipinski definition) is 3. The summed E-state index contributed by atoms with van der Waals surface area (Å²) in [4.78, 5) is 46.9. The number of nitriles is 1. The largest absolute Gasteiger partial charge is 0.457 e. The van der Waals surface area contributed by atoms with E-state index in [9.17, 15) is 19.6 Å². The van der Waals surface area contributed by atoms with Crippen LogP contribution in [0.2, 0.25) is 0 Å². The van der Waals surface area contributed by atoms with Crippen LogP contribution in [0.5, 0.6) is 11.5 Å². The number of nitrogens with zero attached hydrogens (tertiary/aromatic N) is 3. The summed E-state index contributed by atoms with van der Waals surface area (Å²) in [5.74, 6) is -1.44. The van der Waals surface area contributed by atoms with Crippen molar-refractivity contribution in [1.82, 2.24) is 9.97 Å². The van der Waals surface area contributed by atoms with Gasteiger partial charge in [-0.25, -0.2) is 0 Å². The minimum absolute atomic E-state index is 0.127. The second kappa shape index (κ2) is 9.54. The molecule has 2 aliphatic heterocycles. The first-order valence-corrected chi connectivity index (χ1v) is 11.7. The van der Waals surface area contributed by atoms with Gasteiger partial charge in [-0.05, 0) is 42.7 Å². The number of para-hydroxylation sites is 1. The van der Waals surface area contributed by atoms with Crippen molar-refractivity contribution in [2.75, 3.05) is 23.3 Å². The molecule has 2 aliphatic rings. The van der Waals surface area contributed by atoms with Crippen LogP contribution < -0.4 is 26.2 Å². The lowest BCUT2D eigenvalue weighted by molar-refractivity contribution is -0.122. The lowest BCUT2D eigenvalue weighted by atomic mass is 9.79. The van der Waals surface area contributed by atoms with Gasteiger partial charge in [0.1, 0.15) is 23.2 Å². The predicted octanol–water partition coefficient (Wildman–Crippen LogP) is 2.49. The quantitative estimate of drug-likeness (QED) is 0.503. The molecule has 1 saturated heterocycles. The number of rotatable bonds is 5. The first kappa shape index (κ1) is 23.1. The molecule has 0 radical (unpaired) electrons. The number of H-pyrrole nitrogens is 1. The Kier molecular flexibility index (Phi) is 6.12. The molecule has 10 nitrogen and oxygen atoms in total. The summed E-state index contributed by atoms with van der Waals surface area (Å²) in [5, 5.41) is 12.5. The van der Waals surface area contributed by atoms with Crippen LogP contribution in [0.3, 0.4) is 0 Å². The molecule has 0 saturated carbocycles. The van der Waals surface area contributed by atoms with Crippen molar-refractivity contribution >= 4 is 23.6 Å². The van der Waals surface area contributed by atoms with E-state index < -0.39 is 23.3 Å². The molecule has 2 atom stereocenters. The van der Waals surface area contributed by atoms with E-state index in [1.165, 1.54) is 0 Å². The van der Waals surface area contributed by atoms with E-state index >= 15 is 0 Å². The smallest absolute Gasteiger partial charge is 0.258 e. The second-order valence-electron chi connectivity index (χ2n) is 8.88. The van der Waals surface area contributed by atoms with Crippen LogP contribution in [0.15, 0.2) is 59.4 Å². The summed E-state index contributed by atoms with van der Waals surface area (Å²) >= 11 is 0. The summed E-state index contributed by atoms with van der Waals surface area (Å²) < 4.78 is 5.92. The fraction of sp³-hybridized carbons (Fsp3) is 0.269. The summed E-state index contributed by atoms with van der Waals surface area (Å²) in [5.41, 5.74) is 5.79. The van der Waals surface area contributed by atoms with E-state index in [-0.39, 0.29) is 23.2 Å². The number of nitrogens with two attached hydrogens (primary N) is 1. The van der Waals surface area contributed by atoms with E-state index in [0.717, 1.165) is 0 Å². The van der Waals surface area contributed by atoms with Crippen molar-refractivity contribution < 1.29 is 14.3 Å². The van der Waals surface area contributed by atoms with Crippen LogP contribution in [0.1, 0.15) is 29.9 Å². The number of benzene rings is 2. The molecule has 182 valence electrons. The van der Waals surface area contributed by atoms with Crippen LogP contribution in [0.25, 0.3) is 0 Å². The molecule has 1 fully saturated rings. The summed E-state index contributed by atoms with van der Waals surface area (Å²) in [7, 11) is 0. The normalized spacial score (nSPS) is 19.6. The molecule has 2 unspecified atom stereocenters. The molecule has 4 N–H and O–H groups in total. The SMILES string of the molecule is N#CC1C(=O)Nc2nc(N3CCC(C(N)=O)CC3)[nH]c(=O)c2C1c1cccc(Oc2ccccc2)c1. The average Bonchev–Trinajstić information content (AvgIpc) is 2.88. The molecule has 0 aliphatic carbocycles. The molecule has 36 heavy (non-hydrogen) atoms. The number of piperidine rings is 1. The van der Waals surface area contributed by atoms with Crippen molar-refractivity contribution in [2.24, 2.45) is 17.6 Å². The standard InChI is InChI=1S/C26H24N6O4/c27-14-19-20(16-5-4-8-18(13-16)36-17-6-2-1-3-7-17)21-23(29-24(19)34)30-26(31-25(21)35)32-11-9-15(10-12-32)22(28)33/h1-8,13,15,19-20H,9-12H2,(H2,28,33)(H2,29,30,31,34,35). The first-order chi connectivity index (χ1) is 17.4. The lowest BCUT2D eigenvalue weighted by Gasteiger charge is -2.33. The number of hydrogen-bond acceptors (Lipinski definition) is 7. The van der Waals surface area contributed by atoms with Crippen molar-refractivity contribution in [1.29, 1.82) is 5.26 Å². The Morgan fingerprint density at radius 1 is 1.08 bits per heavy atom. The number of anilines is 2. The van der Waals surface area contributed by atoms with E-state index in [1.54, 1.807) is 24.3 Å². The molecular formula is C26H24N6O4. The Labute approximate surface area is 206 Å². The highest BCUT2D eigenvalue weighted by Gasteiger charge is 2.40. The number of primary amides is 1. The Morgan fingerprint density at radius 3 is 2.50 bits per heavy atom. The third-order valence-electron chi connectivity index (χ3n) is 6.64. The molecular weight excluding hydrogens is 460 g/mol. The number of aromatic nitrogens is 2. The molecule has 0 spiro atoms. The van der Waals surface area contributed by atoms with Crippen molar-refractivity contribution in [2.45, 2.75) is 18.8 Å². The molecule has 0 bridgehead atoms. The molecule has 2 amide bonds. The Morgan fingerprint density at radius 2 is 1.81 bits per heavy atom. The number of amides is 2. The van der Waals surface area contributed by atoms with E-state index in [4.69, 9.17) is 10.5 Å². The Bertz CT molecular complexity index is 1410.